The lowest BCUT2D eigenvalue weighted by Gasteiger charge is -2.32. The summed E-state index contributed by atoms with van der Waals surface area (Å²) >= 11 is 5.79. The van der Waals surface area contributed by atoms with Gasteiger partial charge < -0.3 is 4.90 Å². The molecule has 18 heavy (non-hydrogen) atoms. The third kappa shape index (κ3) is 3.46. The first-order chi connectivity index (χ1) is 8.68. The van der Waals surface area contributed by atoms with E-state index in [-0.39, 0.29) is 10.8 Å². The van der Waals surface area contributed by atoms with Gasteiger partial charge in [0.2, 0.25) is 0 Å². The summed E-state index contributed by atoms with van der Waals surface area (Å²) in [4.78, 5) is 2.52. The predicted octanol–water partition coefficient (Wildman–Crippen LogP) is 4.29. The van der Waals surface area contributed by atoms with E-state index in [0.29, 0.717) is 6.04 Å². The van der Waals surface area contributed by atoms with Crippen molar-refractivity contribution in [2.75, 3.05) is 13.1 Å². The minimum Gasteiger partial charge on any atom is -0.301 e. The van der Waals surface area contributed by atoms with Gasteiger partial charge in [-0.3, -0.25) is 0 Å². The van der Waals surface area contributed by atoms with Crippen LogP contribution in [0.3, 0.4) is 0 Å². The molecule has 0 amide bonds. The number of rotatable bonds is 4. The Bertz CT molecular complexity index is 388. The summed E-state index contributed by atoms with van der Waals surface area (Å²) in [6, 6.07) is 5.80. The van der Waals surface area contributed by atoms with Gasteiger partial charge in [0.1, 0.15) is 5.82 Å². The van der Waals surface area contributed by atoms with Crippen molar-refractivity contribution in [2.24, 2.45) is 0 Å². The van der Waals surface area contributed by atoms with Crippen molar-refractivity contribution in [3.63, 3.8) is 0 Å². The topological polar surface area (TPSA) is 3.24 Å². The van der Waals surface area contributed by atoms with Gasteiger partial charge in [0.25, 0.3) is 0 Å². The normalized spacial score (nSPS) is 18.8. The van der Waals surface area contributed by atoms with Crippen LogP contribution in [-0.4, -0.2) is 24.0 Å². The zero-order valence-electron chi connectivity index (χ0n) is 11.0. The van der Waals surface area contributed by atoms with Crippen molar-refractivity contribution in [1.29, 1.82) is 0 Å². The van der Waals surface area contributed by atoms with Crippen LogP contribution >= 0.6 is 11.6 Å². The van der Waals surface area contributed by atoms with E-state index in [0.717, 1.165) is 18.4 Å². The highest BCUT2D eigenvalue weighted by Crippen LogP contribution is 2.21. The van der Waals surface area contributed by atoms with Gasteiger partial charge in [-0.1, -0.05) is 30.2 Å². The highest BCUT2D eigenvalue weighted by atomic mass is 35.5. The van der Waals surface area contributed by atoms with Gasteiger partial charge in [0.05, 0.1) is 5.02 Å². The fourth-order valence-corrected chi connectivity index (χ4v) is 2.84. The Hall–Kier alpha value is -0.600. The summed E-state index contributed by atoms with van der Waals surface area (Å²) < 4.78 is 13.7. The van der Waals surface area contributed by atoms with Crippen LogP contribution in [0.1, 0.15) is 38.2 Å². The summed E-state index contributed by atoms with van der Waals surface area (Å²) in [5, 5.41) is 0.234. The lowest BCUT2D eigenvalue weighted by atomic mass is 10.0. The monoisotopic (exact) mass is 269 g/mol. The average molecular weight is 270 g/mol. The molecule has 0 saturated carbocycles. The van der Waals surface area contributed by atoms with Crippen LogP contribution in [0.4, 0.5) is 4.39 Å². The first-order valence-corrected chi connectivity index (χ1v) is 7.23. The number of piperidine rings is 1. The van der Waals surface area contributed by atoms with E-state index in [9.17, 15) is 4.39 Å². The first kappa shape index (κ1) is 13.8. The van der Waals surface area contributed by atoms with E-state index in [1.54, 1.807) is 6.07 Å². The molecule has 0 aliphatic carbocycles. The van der Waals surface area contributed by atoms with E-state index < -0.39 is 0 Å². The molecule has 1 aliphatic rings. The Balaban J connectivity index is 1.88. The van der Waals surface area contributed by atoms with Crippen LogP contribution in [0.5, 0.6) is 0 Å². The maximum Gasteiger partial charge on any atom is 0.144 e. The van der Waals surface area contributed by atoms with Gasteiger partial charge in [-0.25, -0.2) is 4.39 Å². The lowest BCUT2D eigenvalue weighted by molar-refractivity contribution is 0.166. The summed E-state index contributed by atoms with van der Waals surface area (Å²) in [6.45, 7) is 4.63. The van der Waals surface area contributed by atoms with Crippen LogP contribution in [0.15, 0.2) is 18.2 Å². The quantitative estimate of drug-likeness (QED) is 0.788. The van der Waals surface area contributed by atoms with Crippen molar-refractivity contribution in [3.8, 4) is 0 Å². The molecule has 1 aromatic rings. The fourth-order valence-electron chi connectivity index (χ4n) is 2.65. The highest BCUT2D eigenvalue weighted by Gasteiger charge is 2.17. The molecule has 0 radical (unpaired) electrons. The Labute approximate surface area is 114 Å². The molecule has 0 spiro atoms. The predicted molar refractivity (Wildman–Crippen MR) is 74.6 cm³/mol. The van der Waals surface area contributed by atoms with Crippen LogP contribution in [0.2, 0.25) is 5.02 Å². The highest BCUT2D eigenvalue weighted by molar-refractivity contribution is 6.30. The molecule has 1 fully saturated rings. The molecule has 1 aliphatic heterocycles. The molecular formula is C15H21ClFN. The second-order valence-corrected chi connectivity index (χ2v) is 5.60. The standard InChI is InChI=1S/C15H21ClFN/c1-12(18-10-3-2-4-11-18)8-9-13-6-5-7-14(16)15(13)17/h5-7,12H,2-4,8-11H2,1H3. The zero-order chi connectivity index (χ0) is 13.0. The molecule has 2 rings (SSSR count). The van der Waals surface area contributed by atoms with Crippen molar-refractivity contribution in [1.82, 2.24) is 4.90 Å². The Morgan fingerprint density at radius 2 is 2.00 bits per heavy atom. The average Bonchev–Trinajstić information content (AvgIpc) is 2.41. The molecule has 0 N–H and O–H groups in total. The molecule has 1 unspecified atom stereocenters. The summed E-state index contributed by atoms with van der Waals surface area (Å²) in [6.07, 6.45) is 5.72. The second-order valence-electron chi connectivity index (χ2n) is 5.20. The van der Waals surface area contributed by atoms with E-state index in [1.807, 2.05) is 12.1 Å². The van der Waals surface area contributed by atoms with E-state index in [4.69, 9.17) is 11.6 Å². The van der Waals surface area contributed by atoms with Gasteiger partial charge in [-0.05, 0) is 57.3 Å². The molecule has 1 nitrogen and oxygen atoms in total. The molecule has 0 bridgehead atoms. The summed E-state index contributed by atoms with van der Waals surface area (Å²) in [5.74, 6) is -0.245. The van der Waals surface area contributed by atoms with E-state index in [1.165, 1.54) is 32.4 Å². The Morgan fingerprint density at radius 1 is 1.28 bits per heavy atom. The number of hydrogen-bond donors (Lipinski definition) is 0. The van der Waals surface area contributed by atoms with Gasteiger partial charge in [0.15, 0.2) is 0 Å². The third-order valence-corrected chi connectivity index (χ3v) is 4.17. The van der Waals surface area contributed by atoms with Crippen molar-refractivity contribution < 1.29 is 4.39 Å². The largest absolute Gasteiger partial charge is 0.301 e. The minimum atomic E-state index is -0.245. The Morgan fingerprint density at radius 3 is 2.72 bits per heavy atom. The lowest BCUT2D eigenvalue weighted by Crippen LogP contribution is -2.37. The third-order valence-electron chi connectivity index (χ3n) is 3.88. The van der Waals surface area contributed by atoms with Gasteiger partial charge in [0, 0.05) is 6.04 Å². The van der Waals surface area contributed by atoms with E-state index >= 15 is 0 Å². The Kier molecular flexibility index (Phi) is 5.02. The van der Waals surface area contributed by atoms with Crippen molar-refractivity contribution in [2.45, 2.75) is 45.1 Å². The number of halogens is 2. The fraction of sp³-hybridized carbons (Fsp3) is 0.600. The zero-order valence-corrected chi connectivity index (χ0v) is 11.7. The van der Waals surface area contributed by atoms with Crippen molar-refractivity contribution in [3.05, 3.63) is 34.6 Å². The molecule has 1 saturated heterocycles. The van der Waals surface area contributed by atoms with Crippen LogP contribution in [-0.2, 0) is 6.42 Å². The number of hydrogen-bond acceptors (Lipinski definition) is 1. The smallest absolute Gasteiger partial charge is 0.144 e. The summed E-state index contributed by atoms with van der Waals surface area (Å²) in [5.41, 5.74) is 0.742. The summed E-state index contributed by atoms with van der Waals surface area (Å²) in [7, 11) is 0. The van der Waals surface area contributed by atoms with Crippen LogP contribution < -0.4 is 0 Å². The molecule has 0 aromatic heterocycles. The number of likely N-dealkylation sites (tertiary alicyclic amines) is 1. The minimum absolute atomic E-state index is 0.234. The van der Waals surface area contributed by atoms with E-state index in [2.05, 4.69) is 11.8 Å². The number of benzene rings is 1. The molecule has 100 valence electrons. The van der Waals surface area contributed by atoms with Crippen molar-refractivity contribution >= 4 is 11.6 Å². The SMILES string of the molecule is CC(CCc1cccc(Cl)c1F)N1CCCCC1. The number of aryl methyl sites for hydroxylation is 1. The first-order valence-electron chi connectivity index (χ1n) is 6.85. The molecule has 1 aromatic carbocycles. The maximum atomic E-state index is 13.7. The molecule has 1 heterocycles. The van der Waals surface area contributed by atoms with Crippen LogP contribution in [0.25, 0.3) is 0 Å². The van der Waals surface area contributed by atoms with Gasteiger partial charge in [-0.2, -0.15) is 0 Å². The maximum absolute atomic E-state index is 13.7. The molecule has 1 atom stereocenters. The second kappa shape index (κ2) is 6.53. The van der Waals surface area contributed by atoms with Crippen LogP contribution in [0, 0.1) is 5.82 Å². The van der Waals surface area contributed by atoms with Gasteiger partial charge >= 0.3 is 0 Å². The molecular weight excluding hydrogens is 249 g/mol. The van der Waals surface area contributed by atoms with Gasteiger partial charge in [-0.15, -0.1) is 0 Å². The number of nitrogens with zero attached hydrogens (tertiary/aromatic N) is 1. The molecule has 3 heteroatoms.